The smallest absolute Gasteiger partial charge is 0.294 e. The van der Waals surface area contributed by atoms with Crippen LogP contribution in [0.4, 0.5) is 13.2 Å². The Kier molecular flexibility index (Phi) is 5.94. The number of nitro groups is 1. The third-order valence-electron chi connectivity index (χ3n) is 3.68. The molecule has 4 nitrogen and oxygen atoms in total. The van der Waals surface area contributed by atoms with E-state index in [1.54, 1.807) is 24.3 Å². The highest BCUT2D eigenvalue weighted by Crippen LogP contribution is 2.31. The first-order valence-electron chi connectivity index (χ1n) is 7.24. The number of alkyl halides is 3. The molecule has 0 aliphatic rings. The average molecular weight is 416 g/mol. The molecule has 1 unspecified atom stereocenters. The zero-order valence-electron chi connectivity index (χ0n) is 12.8. The third kappa shape index (κ3) is 5.38. The molecule has 0 bridgehead atoms. The van der Waals surface area contributed by atoms with Crippen LogP contribution in [0.1, 0.15) is 33.8 Å². The summed E-state index contributed by atoms with van der Waals surface area (Å²) in [7, 11) is 0. The fourth-order valence-electron chi connectivity index (χ4n) is 2.39. The Morgan fingerprint density at radius 1 is 1.08 bits per heavy atom. The summed E-state index contributed by atoms with van der Waals surface area (Å²) in [6, 6.07) is 10.6. The number of ketones is 1. The van der Waals surface area contributed by atoms with E-state index in [1.807, 2.05) is 0 Å². The van der Waals surface area contributed by atoms with Gasteiger partial charge in [0.2, 0.25) is 6.54 Å². The molecule has 0 N–H and O–H groups in total. The molecular weight excluding hydrogens is 403 g/mol. The zero-order chi connectivity index (χ0) is 18.6. The second kappa shape index (κ2) is 7.77. The molecule has 0 heterocycles. The Morgan fingerprint density at radius 2 is 1.64 bits per heavy atom. The fraction of sp³-hybridized carbons (Fsp3) is 0.235. The molecule has 8 heteroatoms. The van der Waals surface area contributed by atoms with Crippen molar-refractivity contribution in [3.05, 3.63) is 79.8 Å². The molecule has 2 rings (SSSR count). The maximum atomic E-state index is 12.6. The maximum Gasteiger partial charge on any atom is 0.416 e. The number of benzene rings is 2. The number of hydrogen-bond donors (Lipinski definition) is 0. The van der Waals surface area contributed by atoms with Crippen molar-refractivity contribution in [1.29, 1.82) is 0 Å². The number of carbonyl (C=O) groups is 1. The lowest BCUT2D eigenvalue weighted by Gasteiger charge is -2.14. The van der Waals surface area contributed by atoms with E-state index in [1.165, 1.54) is 12.1 Å². The van der Waals surface area contributed by atoms with E-state index >= 15 is 0 Å². The monoisotopic (exact) mass is 415 g/mol. The first kappa shape index (κ1) is 19.1. The van der Waals surface area contributed by atoms with Crippen LogP contribution in [0, 0.1) is 10.1 Å². The second-order valence-electron chi connectivity index (χ2n) is 5.47. The van der Waals surface area contributed by atoms with Crippen LogP contribution < -0.4 is 0 Å². The number of rotatable bonds is 6. The summed E-state index contributed by atoms with van der Waals surface area (Å²) in [5.74, 6) is -1.10. The molecule has 132 valence electrons. The highest BCUT2D eigenvalue weighted by molar-refractivity contribution is 9.10. The van der Waals surface area contributed by atoms with E-state index in [0.29, 0.717) is 11.1 Å². The van der Waals surface area contributed by atoms with Gasteiger partial charge in [-0.1, -0.05) is 40.2 Å². The molecule has 0 aliphatic carbocycles. The van der Waals surface area contributed by atoms with Gasteiger partial charge in [-0.05, 0) is 29.8 Å². The van der Waals surface area contributed by atoms with Gasteiger partial charge in [-0.25, -0.2) is 0 Å². The average Bonchev–Trinajstić information content (AvgIpc) is 2.53. The van der Waals surface area contributed by atoms with Gasteiger partial charge < -0.3 is 0 Å². The van der Waals surface area contributed by atoms with Gasteiger partial charge in [-0.15, -0.1) is 0 Å². The van der Waals surface area contributed by atoms with Gasteiger partial charge in [0.15, 0.2) is 5.78 Å². The molecular formula is C17H13BrF3NO3. The SMILES string of the molecule is O=C(CC(C[N+](=O)[O-])c1ccc(C(F)(F)F)cc1)c1ccc(Br)cc1. The topological polar surface area (TPSA) is 60.2 Å². The van der Waals surface area contributed by atoms with E-state index in [4.69, 9.17) is 0 Å². The summed E-state index contributed by atoms with van der Waals surface area (Å²) in [5, 5.41) is 10.9. The van der Waals surface area contributed by atoms with Gasteiger partial charge in [0.1, 0.15) is 0 Å². The molecule has 0 aliphatic heterocycles. The van der Waals surface area contributed by atoms with Crippen LogP contribution in [0.2, 0.25) is 0 Å². The standard InChI is InChI=1S/C17H13BrF3NO3/c18-15-7-3-12(4-8-15)16(23)9-13(10-22(24)25)11-1-5-14(6-2-11)17(19,20)21/h1-8,13H,9-10H2. The van der Waals surface area contributed by atoms with Gasteiger partial charge in [0.05, 0.1) is 11.5 Å². The van der Waals surface area contributed by atoms with Gasteiger partial charge in [-0.2, -0.15) is 13.2 Å². The first-order valence-corrected chi connectivity index (χ1v) is 8.04. The lowest BCUT2D eigenvalue weighted by Crippen LogP contribution is -2.17. The van der Waals surface area contributed by atoms with Crippen LogP contribution >= 0.6 is 15.9 Å². The number of Topliss-reactive ketones (excluding diaryl/α,β-unsaturated/α-hetero) is 1. The van der Waals surface area contributed by atoms with Crippen molar-refractivity contribution in [2.45, 2.75) is 18.5 Å². The minimum atomic E-state index is -4.48. The predicted octanol–water partition coefficient (Wildman–Crippen LogP) is 5.10. The molecule has 2 aromatic rings. The van der Waals surface area contributed by atoms with Crippen molar-refractivity contribution < 1.29 is 22.9 Å². The summed E-state index contributed by atoms with van der Waals surface area (Å²) >= 11 is 3.25. The van der Waals surface area contributed by atoms with Crippen molar-refractivity contribution in [3.63, 3.8) is 0 Å². The quantitative estimate of drug-likeness (QED) is 0.374. The number of halogens is 4. The van der Waals surface area contributed by atoms with E-state index in [0.717, 1.165) is 16.6 Å². The number of nitrogens with zero attached hydrogens (tertiary/aromatic N) is 1. The molecule has 0 fully saturated rings. The van der Waals surface area contributed by atoms with Crippen LogP contribution in [0.5, 0.6) is 0 Å². The van der Waals surface area contributed by atoms with Crippen molar-refractivity contribution in [1.82, 2.24) is 0 Å². The highest BCUT2D eigenvalue weighted by Gasteiger charge is 2.31. The summed E-state index contributed by atoms with van der Waals surface area (Å²) in [6.45, 7) is -0.534. The van der Waals surface area contributed by atoms with Crippen molar-refractivity contribution in [2.75, 3.05) is 6.54 Å². The first-order chi connectivity index (χ1) is 11.7. The molecule has 25 heavy (non-hydrogen) atoms. The minimum Gasteiger partial charge on any atom is -0.294 e. The summed E-state index contributed by atoms with van der Waals surface area (Å²) in [6.07, 6.45) is -4.64. The summed E-state index contributed by atoms with van der Waals surface area (Å²) in [5.41, 5.74) is -0.117. The van der Waals surface area contributed by atoms with Crippen molar-refractivity contribution in [2.24, 2.45) is 0 Å². The second-order valence-corrected chi connectivity index (χ2v) is 6.38. The van der Waals surface area contributed by atoms with Crippen LogP contribution in [0.3, 0.4) is 0 Å². The molecule has 0 spiro atoms. The molecule has 0 saturated heterocycles. The molecule has 0 aromatic heterocycles. The Balaban J connectivity index is 2.22. The van der Waals surface area contributed by atoms with E-state index in [9.17, 15) is 28.1 Å². The van der Waals surface area contributed by atoms with Crippen LogP contribution in [-0.2, 0) is 6.18 Å². The number of carbonyl (C=O) groups excluding carboxylic acids is 1. The molecule has 1 atom stereocenters. The minimum absolute atomic E-state index is 0.159. The van der Waals surface area contributed by atoms with Crippen LogP contribution in [-0.4, -0.2) is 17.3 Å². The highest BCUT2D eigenvalue weighted by atomic mass is 79.9. The lowest BCUT2D eigenvalue weighted by atomic mass is 9.91. The maximum absolute atomic E-state index is 12.6. The summed E-state index contributed by atoms with van der Waals surface area (Å²) < 4.78 is 38.7. The van der Waals surface area contributed by atoms with E-state index in [2.05, 4.69) is 15.9 Å². The molecule has 0 radical (unpaired) electrons. The Hall–Kier alpha value is -2.22. The fourth-order valence-corrected chi connectivity index (χ4v) is 2.65. The largest absolute Gasteiger partial charge is 0.416 e. The van der Waals surface area contributed by atoms with Gasteiger partial charge >= 0.3 is 6.18 Å². The normalized spacial score (nSPS) is 12.6. The van der Waals surface area contributed by atoms with Crippen molar-refractivity contribution >= 4 is 21.7 Å². The zero-order valence-corrected chi connectivity index (χ0v) is 14.4. The number of hydrogen-bond acceptors (Lipinski definition) is 3. The van der Waals surface area contributed by atoms with Gasteiger partial charge in [0.25, 0.3) is 0 Å². The van der Waals surface area contributed by atoms with E-state index in [-0.39, 0.29) is 12.2 Å². The lowest BCUT2D eigenvalue weighted by molar-refractivity contribution is -0.483. The van der Waals surface area contributed by atoms with Crippen LogP contribution in [0.25, 0.3) is 0 Å². The Morgan fingerprint density at radius 3 is 2.12 bits per heavy atom. The van der Waals surface area contributed by atoms with Gasteiger partial charge in [-0.3, -0.25) is 14.9 Å². The predicted molar refractivity (Wildman–Crippen MR) is 89.1 cm³/mol. The Labute approximate surface area is 149 Å². The van der Waals surface area contributed by atoms with Gasteiger partial charge in [0, 0.05) is 21.4 Å². The third-order valence-corrected chi connectivity index (χ3v) is 4.21. The summed E-state index contributed by atoms with van der Waals surface area (Å²) in [4.78, 5) is 22.6. The molecule has 2 aromatic carbocycles. The Bertz CT molecular complexity index is 758. The van der Waals surface area contributed by atoms with Crippen molar-refractivity contribution in [3.8, 4) is 0 Å². The van der Waals surface area contributed by atoms with Crippen LogP contribution in [0.15, 0.2) is 53.0 Å². The molecule has 0 saturated carbocycles. The van der Waals surface area contributed by atoms with E-state index < -0.39 is 29.1 Å². The molecule has 0 amide bonds.